The van der Waals surface area contributed by atoms with Gasteiger partial charge in [-0.05, 0) is 12.0 Å². The van der Waals surface area contributed by atoms with Crippen molar-refractivity contribution < 1.29 is 17.4 Å². The molecule has 0 spiro atoms. The summed E-state index contributed by atoms with van der Waals surface area (Å²) in [6.45, 7) is -0.108. The second-order valence-electron chi connectivity index (χ2n) is 3.75. The van der Waals surface area contributed by atoms with E-state index < -0.39 is 27.9 Å². The maximum Gasteiger partial charge on any atom is 0.339 e. The number of benzene rings is 1. The minimum absolute atomic E-state index is 0.108. The van der Waals surface area contributed by atoms with Crippen molar-refractivity contribution in [1.82, 2.24) is 0 Å². The van der Waals surface area contributed by atoms with E-state index in [1.807, 2.05) is 6.07 Å². The Balaban J connectivity index is 2.57. The number of hydrogen-bond donors (Lipinski definition) is 2. The molecule has 0 saturated heterocycles. The van der Waals surface area contributed by atoms with Crippen LogP contribution in [0.5, 0.6) is 0 Å². The van der Waals surface area contributed by atoms with Crippen LogP contribution in [0.25, 0.3) is 0 Å². The maximum absolute atomic E-state index is 11.5. The molecular weight excluding hydrogens is 256 g/mol. The summed E-state index contributed by atoms with van der Waals surface area (Å²) in [6.07, 6.45) is 0.220. The minimum Gasteiger partial charge on any atom is -0.344 e. The highest BCUT2D eigenvalue weighted by atomic mass is 32.2. The standard InChI is InChI=1S/C11H16N2O4S/c12-6-7-18(15,16)17-11(14)10(13)8-9-4-2-1-3-5-9/h1-5,10H,6-8,12-13H2/t10-/m0/s1. The van der Waals surface area contributed by atoms with Crippen molar-refractivity contribution in [2.45, 2.75) is 12.5 Å². The number of carbonyl (C=O) groups excluding carboxylic acids is 1. The van der Waals surface area contributed by atoms with Crippen LogP contribution in [0.3, 0.4) is 0 Å². The molecule has 0 amide bonds. The zero-order chi connectivity index (χ0) is 13.6. The molecule has 0 aromatic heterocycles. The molecule has 0 aliphatic rings. The highest BCUT2D eigenvalue weighted by Gasteiger charge is 2.22. The first-order chi connectivity index (χ1) is 8.44. The van der Waals surface area contributed by atoms with Crippen LogP contribution in [0.1, 0.15) is 5.56 Å². The zero-order valence-corrected chi connectivity index (χ0v) is 10.6. The molecule has 6 nitrogen and oxygen atoms in total. The summed E-state index contributed by atoms with van der Waals surface area (Å²) in [5.74, 6) is -1.37. The molecule has 0 unspecified atom stereocenters. The van der Waals surface area contributed by atoms with E-state index in [9.17, 15) is 13.2 Å². The van der Waals surface area contributed by atoms with Crippen LogP contribution in [0.4, 0.5) is 0 Å². The van der Waals surface area contributed by atoms with Gasteiger partial charge in [0.25, 0.3) is 0 Å². The third-order valence-electron chi connectivity index (χ3n) is 2.18. The molecule has 0 heterocycles. The molecule has 0 bridgehead atoms. The van der Waals surface area contributed by atoms with Gasteiger partial charge in [-0.25, -0.2) is 4.79 Å². The Morgan fingerprint density at radius 1 is 1.28 bits per heavy atom. The molecule has 0 fully saturated rings. The van der Waals surface area contributed by atoms with Gasteiger partial charge in [-0.1, -0.05) is 30.3 Å². The highest BCUT2D eigenvalue weighted by molar-refractivity contribution is 7.87. The molecule has 100 valence electrons. The normalized spacial score (nSPS) is 13.0. The van der Waals surface area contributed by atoms with Gasteiger partial charge in [0, 0.05) is 6.54 Å². The van der Waals surface area contributed by atoms with Crippen LogP contribution in [-0.4, -0.2) is 32.7 Å². The van der Waals surface area contributed by atoms with Crippen LogP contribution in [0.15, 0.2) is 30.3 Å². The van der Waals surface area contributed by atoms with E-state index >= 15 is 0 Å². The summed E-state index contributed by atoms with van der Waals surface area (Å²) in [5, 5.41) is 0. The minimum atomic E-state index is -3.92. The maximum atomic E-state index is 11.5. The van der Waals surface area contributed by atoms with Gasteiger partial charge in [0.15, 0.2) is 0 Å². The molecule has 7 heteroatoms. The molecule has 1 rings (SSSR count). The molecule has 18 heavy (non-hydrogen) atoms. The van der Waals surface area contributed by atoms with Crippen LogP contribution in [0, 0.1) is 0 Å². The average molecular weight is 272 g/mol. The topological polar surface area (TPSA) is 112 Å². The monoisotopic (exact) mass is 272 g/mol. The van der Waals surface area contributed by atoms with Crippen LogP contribution in [0.2, 0.25) is 0 Å². The number of hydrogen-bond acceptors (Lipinski definition) is 6. The molecule has 1 aromatic rings. The SMILES string of the molecule is NCCS(=O)(=O)OC(=O)[C@@H](N)Cc1ccccc1. The van der Waals surface area contributed by atoms with E-state index in [0.29, 0.717) is 0 Å². The lowest BCUT2D eigenvalue weighted by Crippen LogP contribution is -2.36. The Bertz CT molecular complexity index is 487. The Kier molecular flexibility index (Phi) is 5.26. The fourth-order valence-corrected chi connectivity index (χ4v) is 2.07. The zero-order valence-electron chi connectivity index (χ0n) is 9.78. The first-order valence-corrected chi connectivity index (χ1v) is 6.98. The van der Waals surface area contributed by atoms with Crippen LogP contribution >= 0.6 is 0 Å². The molecule has 1 atom stereocenters. The quantitative estimate of drug-likeness (QED) is 0.668. The summed E-state index contributed by atoms with van der Waals surface area (Å²) < 4.78 is 26.8. The number of rotatable bonds is 6. The first-order valence-electron chi connectivity index (χ1n) is 5.40. The summed E-state index contributed by atoms with van der Waals surface area (Å²) in [7, 11) is -3.92. The Morgan fingerprint density at radius 3 is 2.44 bits per heavy atom. The second-order valence-corrected chi connectivity index (χ2v) is 5.44. The van der Waals surface area contributed by atoms with Crippen molar-refractivity contribution in [3.05, 3.63) is 35.9 Å². The summed E-state index contributed by atoms with van der Waals surface area (Å²) in [5.41, 5.74) is 11.5. The van der Waals surface area contributed by atoms with Gasteiger partial charge < -0.3 is 15.7 Å². The molecule has 0 aliphatic heterocycles. The van der Waals surface area contributed by atoms with Crippen LogP contribution in [-0.2, 0) is 25.5 Å². The van der Waals surface area contributed by atoms with E-state index in [1.54, 1.807) is 24.3 Å². The van der Waals surface area contributed by atoms with Crippen molar-refractivity contribution in [3.8, 4) is 0 Å². The summed E-state index contributed by atoms with van der Waals surface area (Å²) in [6, 6.07) is 8.01. The summed E-state index contributed by atoms with van der Waals surface area (Å²) in [4.78, 5) is 11.5. The fraction of sp³-hybridized carbons (Fsp3) is 0.364. The van der Waals surface area contributed by atoms with Crippen molar-refractivity contribution in [3.63, 3.8) is 0 Å². The largest absolute Gasteiger partial charge is 0.344 e. The van der Waals surface area contributed by atoms with Gasteiger partial charge >= 0.3 is 16.1 Å². The fourth-order valence-electron chi connectivity index (χ4n) is 1.32. The van der Waals surface area contributed by atoms with E-state index in [0.717, 1.165) is 5.56 Å². The van der Waals surface area contributed by atoms with Crippen molar-refractivity contribution in [2.75, 3.05) is 12.3 Å². The third-order valence-corrected chi connectivity index (χ3v) is 3.33. The van der Waals surface area contributed by atoms with E-state index in [1.165, 1.54) is 0 Å². The van der Waals surface area contributed by atoms with Gasteiger partial charge in [-0.15, -0.1) is 0 Å². The van der Waals surface area contributed by atoms with Crippen LogP contribution < -0.4 is 11.5 Å². The summed E-state index contributed by atoms with van der Waals surface area (Å²) >= 11 is 0. The van der Waals surface area contributed by atoms with Crippen molar-refractivity contribution in [2.24, 2.45) is 11.5 Å². The lowest BCUT2D eigenvalue weighted by molar-refractivity contribution is -0.135. The van der Waals surface area contributed by atoms with Crippen molar-refractivity contribution >= 4 is 16.1 Å². The first kappa shape index (κ1) is 14.6. The Hall–Kier alpha value is -1.44. The molecule has 0 saturated carbocycles. The lowest BCUT2D eigenvalue weighted by Gasteiger charge is -2.11. The Labute approximate surface area is 106 Å². The predicted molar refractivity (Wildman–Crippen MR) is 67.1 cm³/mol. The van der Waals surface area contributed by atoms with Gasteiger partial charge in [-0.3, -0.25) is 0 Å². The smallest absolute Gasteiger partial charge is 0.339 e. The third kappa shape index (κ3) is 4.82. The number of carbonyl (C=O) groups is 1. The van der Waals surface area contributed by atoms with Gasteiger partial charge in [0.1, 0.15) is 6.04 Å². The van der Waals surface area contributed by atoms with Gasteiger partial charge in [0.2, 0.25) is 0 Å². The molecule has 4 N–H and O–H groups in total. The molecule has 0 aliphatic carbocycles. The number of nitrogens with two attached hydrogens (primary N) is 2. The molecular formula is C11H16N2O4S. The predicted octanol–water partition coefficient (Wildman–Crippen LogP) is -0.612. The van der Waals surface area contributed by atoms with E-state index in [4.69, 9.17) is 11.5 Å². The van der Waals surface area contributed by atoms with Crippen molar-refractivity contribution in [1.29, 1.82) is 0 Å². The van der Waals surface area contributed by atoms with Gasteiger partial charge in [-0.2, -0.15) is 8.42 Å². The van der Waals surface area contributed by atoms with Gasteiger partial charge in [0.05, 0.1) is 5.75 Å². The lowest BCUT2D eigenvalue weighted by atomic mass is 10.1. The molecule has 1 aromatic carbocycles. The van der Waals surface area contributed by atoms with E-state index in [-0.39, 0.29) is 13.0 Å². The Morgan fingerprint density at radius 2 is 1.89 bits per heavy atom. The molecule has 0 radical (unpaired) electrons. The average Bonchev–Trinajstić information content (AvgIpc) is 2.29. The highest BCUT2D eigenvalue weighted by Crippen LogP contribution is 2.04. The van der Waals surface area contributed by atoms with E-state index in [2.05, 4.69) is 4.18 Å². The second kappa shape index (κ2) is 6.48.